The maximum absolute atomic E-state index is 12.1. The van der Waals surface area contributed by atoms with E-state index in [4.69, 9.17) is 4.74 Å². The Kier molecular flexibility index (Phi) is 8.34. The van der Waals surface area contributed by atoms with Crippen molar-refractivity contribution >= 4 is 17.6 Å². The largest absolute Gasteiger partial charge is 0.497 e. The van der Waals surface area contributed by atoms with Crippen LogP contribution in [0, 0.1) is 0 Å². The van der Waals surface area contributed by atoms with Crippen molar-refractivity contribution in [2.24, 2.45) is 0 Å². The number of rotatable bonds is 9. The molecule has 3 amide bonds. The van der Waals surface area contributed by atoms with E-state index in [1.165, 1.54) is 5.56 Å². The number of hydrogen-bond donors (Lipinski definition) is 3. The Hall–Kier alpha value is -3.02. The first-order chi connectivity index (χ1) is 13.5. The first kappa shape index (κ1) is 21.3. The topological polar surface area (TPSA) is 79.5 Å². The van der Waals surface area contributed by atoms with Crippen molar-refractivity contribution < 1.29 is 14.3 Å². The lowest BCUT2D eigenvalue weighted by atomic mass is 10.1. The Morgan fingerprint density at radius 3 is 2.46 bits per heavy atom. The van der Waals surface area contributed by atoms with Crippen molar-refractivity contribution in [2.75, 3.05) is 19.0 Å². The summed E-state index contributed by atoms with van der Waals surface area (Å²) in [7, 11) is 1.64. The van der Waals surface area contributed by atoms with E-state index in [-0.39, 0.29) is 24.5 Å². The summed E-state index contributed by atoms with van der Waals surface area (Å²) in [6, 6.07) is 15.2. The number of urea groups is 1. The molecule has 2 aromatic carbocycles. The lowest BCUT2D eigenvalue weighted by molar-refractivity contribution is -0.115. The maximum atomic E-state index is 12.1. The molecule has 0 heterocycles. The van der Waals surface area contributed by atoms with Gasteiger partial charge in [0.2, 0.25) is 5.91 Å². The molecule has 0 aliphatic rings. The Labute approximate surface area is 166 Å². The summed E-state index contributed by atoms with van der Waals surface area (Å²) in [6.07, 6.45) is 2.48. The minimum atomic E-state index is -0.346. The van der Waals surface area contributed by atoms with Gasteiger partial charge in [0.15, 0.2) is 0 Å². The van der Waals surface area contributed by atoms with Crippen molar-refractivity contribution in [2.45, 2.75) is 39.2 Å². The number of ether oxygens (including phenoxy) is 1. The van der Waals surface area contributed by atoms with E-state index in [0.29, 0.717) is 0 Å². The van der Waals surface area contributed by atoms with Crippen LogP contribution in [0.4, 0.5) is 10.5 Å². The second kappa shape index (κ2) is 11.0. The van der Waals surface area contributed by atoms with Crippen LogP contribution in [0.3, 0.4) is 0 Å². The van der Waals surface area contributed by atoms with Crippen LogP contribution in [0.1, 0.15) is 31.4 Å². The monoisotopic (exact) mass is 383 g/mol. The van der Waals surface area contributed by atoms with Gasteiger partial charge in [-0.15, -0.1) is 0 Å². The molecule has 0 radical (unpaired) electrons. The molecule has 0 aliphatic carbocycles. The number of aryl methyl sites for hydroxylation is 2. The van der Waals surface area contributed by atoms with Crippen molar-refractivity contribution in [1.82, 2.24) is 10.6 Å². The highest BCUT2D eigenvalue weighted by molar-refractivity contribution is 5.94. The van der Waals surface area contributed by atoms with E-state index >= 15 is 0 Å². The van der Waals surface area contributed by atoms with Gasteiger partial charge in [0.25, 0.3) is 0 Å². The van der Waals surface area contributed by atoms with Gasteiger partial charge >= 0.3 is 6.03 Å². The highest BCUT2D eigenvalue weighted by Gasteiger charge is 2.10. The third-order valence-corrected chi connectivity index (χ3v) is 4.48. The summed E-state index contributed by atoms with van der Waals surface area (Å²) in [6.45, 7) is 3.90. The molecule has 2 aromatic rings. The fourth-order valence-electron chi connectivity index (χ4n) is 2.83. The number of anilines is 1. The number of para-hydroxylation sites is 1. The van der Waals surface area contributed by atoms with E-state index in [0.717, 1.165) is 36.3 Å². The van der Waals surface area contributed by atoms with Crippen LogP contribution >= 0.6 is 0 Å². The number of benzene rings is 2. The van der Waals surface area contributed by atoms with Crippen molar-refractivity contribution in [3.05, 3.63) is 59.7 Å². The lowest BCUT2D eigenvalue weighted by Gasteiger charge is -2.15. The van der Waals surface area contributed by atoms with Crippen LogP contribution in [-0.4, -0.2) is 31.6 Å². The van der Waals surface area contributed by atoms with Crippen LogP contribution < -0.4 is 20.7 Å². The highest BCUT2D eigenvalue weighted by atomic mass is 16.5. The summed E-state index contributed by atoms with van der Waals surface area (Å²) in [4.78, 5) is 24.1. The Bertz CT molecular complexity index is 775. The van der Waals surface area contributed by atoms with Crippen LogP contribution in [0.5, 0.6) is 5.75 Å². The van der Waals surface area contributed by atoms with Crippen LogP contribution in [0.2, 0.25) is 0 Å². The third kappa shape index (κ3) is 6.95. The van der Waals surface area contributed by atoms with Crippen LogP contribution in [0.15, 0.2) is 48.5 Å². The van der Waals surface area contributed by atoms with Crippen molar-refractivity contribution in [3.8, 4) is 5.75 Å². The molecule has 0 spiro atoms. The first-order valence-corrected chi connectivity index (χ1v) is 9.56. The van der Waals surface area contributed by atoms with Gasteiger partial charge in [0, 0.05) is 11.7 Å². The van der Waals surface area contributed by atoms with E-state index in [2.05, 4.69) is 16.0 Å². The predicted octanol–water partition coefficient (Wildman–Crippen LogP) is 3.52. The Balaban J connectivity index is 1.70. The second-order valence-electron chi connectivity index (χ2n) is 6.67. The SMILES string of the molecule is CCc1ccccc1NC(=O)CNC(=O)NC(C)CCc1ccc(OC)cc1. The fraction of sp³-hybridized carbons (Fsp3) is 0.364. The maximum Gasteiger partial charge on any atom is 0.315 e. The van der Waals surface area contributed by atoms with Crippen LogP contribution in [0.25, 0.3) is 0 Å². The smallest absolute Gasteiger partial charge is 0.315 e. The van der Waals surface area contributed by atoms with Gasteiger partial charge in [-0.05, 0) is 55.5 Å². The molecule has 6 heteroatoms. The van der Waals surface area contributed by atoms with E-state index < -0.39 is 0 Å². The summed E-state index contributed by atoms with van der Waals surface area (Å²) in [5, 5.41) is 8.30. The Morgan fingerprint density at radius 1 is 1.07 bits per heavy atom. The number of amides is 3. The number of methoxy groups -OCH3 is 1. The summed E-state index contributed by atoms with van der Waals surface area (Å²) >= 11 is 0. The van der Waals surface area contributed by atoms with Gasteiger partial charge in [-0.2, -0.15) is 0 Å². The molecule has 2 rings (SSSR count). The molecule has 0 bridgehead atoms. The average Bonchev–Trinajstić information content (AvgIpc) is 2.71. The van der Waals surface area contributed by atoms with Gasteiger partial charge in [-0.3, -0.25) is 4.79 Å². The van der Waals surface area contributed by atoms with Gasteiger partial charge in [0.05, 0.1) is 13.7 Å². The molecule has 1 unspecified atom stereocenters. The van der Waals surface area contributed by atoms with Gasteiger partial charge in [-0.1, -0.05) is 37.3 Å². The number of nitrogens with one attached hydrogen (secondary N) is 3. The second-order valence-corrected chi connectivity index (χ2v) is 6.67. The molecule has 6 nitrogen and oxygen atoms in total. The highest BCUT2D eigenvalue weighted by Crippen LogP contribution is 2.15. The number of carbonyl (C=O) groups excluding carboxylic acids is 2. The summed E-state index contributed by atoms with van der Waals surface area (Å²) < 4.78 is 5.15. The van der Waals surface area contributed by atoms with Gasteiger partial charge < -0.3 is 20.7 Å². The molecule has 150 valence electrons. The molecule has 3 N–H and O–H groups in total. The average molecular weight is 383 g/mol. The fourth-order valence-corrected chi connectivity index (χ4v) is 2.83. The van der Waals surface area contributed by atoms with Crippen LogP contribution in [-0.2, 0) is 17.6 Å². The molecule has 0 saturated heterocycles. The summed E-state index contributed by atoms with van der Waals surface area (Å²) in [5.41, 5.74) is 3.03. The zero-order chi connectivity index (χ0) is 20.4. The minimum absolute atomic E-state index is 0.00835. The van der Waals surface area contributed by atoms with E-state index in [9.17, 15) is 9.59 Å². The normalized spacial score (nSPS) is 11.4. The number of carbonyl (C=O) groups is 2. The molecule has 1 atom stereocenters. The zero-order valence-corrected chi connectivity index (χ0v) is 16.7. The molecule has 0 saturated carbocycles. The van der Waals surface area contributed by atoms with E-state index in [1.54, 1.807) is 7.11 Å². The predicted molar refractivity (Wildman–Crippen MR) is 112 cm³/mol. The molecule has 0 aliphatic heterocycles. The minimum Gasteiger partial charge on any atom is -0.497 e. The van der Waals surface area contributed by atoms with Gasteiger partial charge in [0.1, 0.15) is 5.75 Å². The van der Waals surface area contributed by atoms with E-state index in [1.807, 2.05) is 62.4 Å². The van der Waals surface area contributed by atoms with Gasteiger partial charge in [-0.25, -0.2) is 4.79 Å². The quantitative estimate of drug-likeness (QED) is 0.620. The van der Waals surface area contributed by atoms with Crippen molar-refractivity contribution in [1.29, 1.82) is 0 Å². The Morgan fingerprint density at radius 2 is 1.79 bits per heavy atom. The van der Waals surface area contributed by atoms with Crippen molar-refractivity contribution in [3.63, 3.8) is 0 Å². The molecule has 28 heavy (non-hydrogen) atoms. The first-order valence-electron chi connectivity index (χ1n) is 9.56. The lowest BCUT2D eigenvalue weighted by Crippen LogP contribution is -2.43. The molecular formula is C22H29N3O3. The standard InChI is InChI=1S/C22H29N3O3/c1-4-18-7-5-6-8-20(18)25-21(26)15-23-22(27)24-16(2)9-10-17-11-13-19(28-3)14-12-17/h5-8,11-14,16H,4,9-10,15H2,1-3H3,(H,25,26)(H2,23,24,27). The molecule has 0 aromatic heterocycles. The zero-order valence-electron chi connectivity index (χ0n) is 16.7. The molecule has 0 fully saturated rings. The summed E-state index contributed by atoms with van der Waals surface area (Å²) in [5.74, 6) is 0.580. The molecular weight excluding hydrogens is 354 g/mol. The number of hydrogen-bond acceptors (Lipinski definition) is 3. The third-order valence-electron chi connectivity index (χ3n) is 4.48.